The molecule has 0 spiro atoms. The molecule has 0 aliphatic carbocycles. The molecular formula is C14H16ClN5OS. The van der Waals surface area contributed by atoms with Gasteiger partial charge in [0.15, 0.2) is 5.16 Å². The van der Waals surface area contributed by atoms with Crippen LogP contribution in [0.15, 0.2) is 36.0 Å². The van der Waals surface area contributed by atoms with Crippen LogP contribution in [0.25, 0.3) is 0 Å². The Hall–Kier alpha value is -1.99. The number of nitrogens with zero attached hydrogens (tertiary/aromatic N) is 3. The summed E-state index contributed by atoms with van der Waals surface area (Å²) in [5.41, 5.74) is 7.32. The number of carbonyl (C=O) groups excluding carboxylic acids is 1. The van der Waals surface area contributed by atoms with Crippen molar-refractivity contribution in [1.82, 2.24) is 14.8 Å². The Balaban J connectivity index is 1.95. The third-order valence-corrected chi connectivity index (χ3v) is 4.22. The molecule has 2 rings (SSSR count). The van der Waals surface area contributed by atoms with Gasteiger partial charge in [-0.3, -0.25) is 9.36 Å². The molecule has 22 heavy (non-hydrogen) atoms. The first kappa shape index (κ1) is 16.4. The van der Waals surface area contributed by atoms with Crippen LogP contribution in [0.4, 0.5) is 11.6 Å². The zero-order chi connectivity index (χ0) is 16.1. The van der Waals surface area contributed by atoms with Crippen LogP contribution >= 0.6 is 23.4 Å². The molecule has 0 aliphatic rings. The van der Waals surface area contributed by atoms with Crippen molar-refractivity contribution in [2.45, 2.75) is 18.6 Å². The average Bonchev–Trinajstić information content (AvgIpc) is 2.82. The number of nitrogens with one attached hydrogen (secondary N) is 1. The van der Waals surface area contributed by atoms with Crippen molar-refractivity contribution in [3.8, 4) is 0 Å². The van der Waals surface area contributed by atoms with Crippen molar-refractivity contribution in [2.75, 3.05) is 16.8 Å². The van der Waals surface area contributed by atoms with Gasteiger partial charge in [-0.05, 0) is 24.6 Å². The zero-order valence-corrected chi connectivity index (χ0v) is 13.6. The Morgan fingerprint density at radius 2 is 2.32 bits per heavy atom. The van der Waals surface area contributed by atoms with Gasteiger partial charge < -0.3 is 11.1 Å². The summed E-state index contributed by atoms with van der Waals surface area (Å²) >= 11 is 7.29. The molecule has 0 bridgehead atoms. The van der Waals surface area contributed by atoms with E-state index in [0.717, 1.165) is 5.56 Å². The van der Waals surface area contributed by atoms with Crippen LogP contribution in [0.2, 0.25) is 5.02 Å². The molecule has 0 fully saturated rings. The van der Waals surface area contributed by atoms with E-state index in [9.17, 15) is 4.79 Å². The second kappa shape index (κ2) is 7.33. The molecule has 1 amide bonds. The van der Waals surface area contributed by atoms with E-state index in [1.807, 2.05) is 19.1 Å². The van der Waals surface area contributed by atoms with E-state index < -0.39 is 0 Å². The number of halogens is 1. The topological polar surface area (TPSA) is 85.8 Å². The first-order valence-electron chi connectivity index (χ1n) is 6.49. The average molecular weight is 338 g/mol. The zero-order valence-electron chi connectivity index (χ0n) is 12.0. The quantitative estimate of drug-likeness (QED) is 0.625. The molecular weight excluding hydrogens is 322 g/mol. The summed E-state index contributed by atoms with van der Waals surface area (Å²) in [6.45, 7) is 6.05. The highest BCUT2D eigenvalue weighted by Gasteiger charge is 2.11. The van der Waals surface area contributed by atoms with Crippen molar-refractivity contribution in [3.05, 3.63) is 41.4 Å². The molecule has 1 heterocycles. The fourth-order valence-corrected chi connectivity index (χ4v) is 2.64. The molecule has 0 unspecified atom stereocenters. The highest BCUT2D eigenvalue weighted by atomic mass is 35.5. The molecule has 0 saturated carbocycles. The third kappa shape index (κ3) is 4.02. The maximum Gasteiger partial charge on any atom is 0.234 e. The number of nitrogens with two attached hydrogens (primary N) is 1. The van der Waals surface area contributed by atoms with Gasteiger partial charge in [0.25, 0.3) is 0 Å². The van der Waals surface area contributed by atoms with E-state index in [1.54, 1.807) is 16.7 Å². The van der Waals surface area contributed by atoms with Gasteiger partial charge in [-0.25, -0.2) is 0 Å². The standard InChI is InChI=1S/C14H16ClN5OS/c1-3-6-20-13(16)18-19-14(20)22-8-12(21)17-10-5-4-9(2)11(15)7-10/h3-5,7H,1,6,8H2,2H3,(H2,16,18)(H,17,21). The molecule has 1 aromatic carbocycles. The SMILES string of the molecule is C=CCn1c(N)nnc1SCC(=O)Nc1ccc(C)c(Cl)c1. The molecule has 0 radical (unpaired) electrons. The number of anilines is 2. The molecule has 1 aromatic heterocycles. The number of carbonyl (C=O) groups is 1. The lowest BCUT2D eigenvalue weighted by atomic mass is 10.2. The molecule has 116 valence electrons. The van der Waals surface area contributed by atoms with E-state index in [-0.39, 0.29) is 11.7 Å². The Labute approximate surface area is 137 Å². The van der Waals surface area contributed by atoms with Crippen molar-refractivity contribution in [1.29, 1.82) is 0 Å². The van der Waals surface area contributed by atoms with Gasteiger partial charge in [-0.2, -0.15) is 0 Å². The number of aromatic nitrogens is 3. The van der Waals surface area contributed by atoms with Gasteiger partial charge in [-0.15, -0.1) is 16.8 Å². The van der Waals surface area contributed by atoms with Crippen LogP contribution < -0.4 is 11.1 Å². The number of benzene rings is 1. The first-order chi connectivity index (χ1) is 10.5. The molecule has 0 saturated heterocycles. The Bertz CT molecular complexity index is 701. The highest BCUT2D eigenvalue weighted by Crippen LogP contribution is 2.21. The summed E-state index contributed by atoms with van der Waals surface area (Å²) in [4.78, 5) is 12.0. The lowest BCUT2D eigenvalue weighted by molar-refractivity contribution is -0.113. The van der Waals surface area contributed by atoms with Crippen LogP contribution in [0, 0.1) is 6.92 Å². The Morgan fingerprint density at radius 3 is 3.00 bits per heavy atom. The summed E-state index contributed by atoms with van der Waals surface area (Å²) in [5, 5.41) is 11.7. The summed E-state index contributed by atoms with van der Waals surface area (Å²) in [6.07, 6.45) is 1.69. The molecule has 6 nitrogen and oxygen atoms in total. The minimum Gasteiger partial charge on any atom is -0.368 e. The van der Waals surface area contributed by atoms with Crippen molar-refractivity contribution in [2.24, 2.45) is 0 Å². The number of hydrogen-bond acceptors (Lipinski definition) is 5. The van der Waals surface area contributed by atoms with Crippen LogP contribution in [0.1, 0.15) is 5.56 Å². The number of rotatable bonds is 6. The minimum atomic E-state index is -0.156. The molecule has 0 aliphatic heterocycles. The van der Waals surface area contributed by atoms with Crippen molar-refractivity contribution >= 4 is 40.9 Å². The Morgan fingerprint density at radius 1 is 1.55 bits per heavy atom. The second-order valence-corrected chi connectivity index (χ2v) is 5.89. The van der Waals surface area contributed by atoms with E-state index in [1.165, 1.54) is 11.8 Å². The molecule has 2 aromatic rings. The van der Waals surface area contributed by atoms with Gasteiger partial charge >= 0.3 is 0 Å². The maximum atomic E-state index is 12.0. The predicted molar refractivity (Wildman–Crippen MR) is 90.2 cm³/mol. The van der Waals surface area contributed by atoms with Gasteiger partial charge in [0.2, 0.25) is 11.9 Å². The van der Waals surface area contributed by atoms with Gasteiger partial charge in [0.1, 0.15) is 0 Å². The van der Waals surface area contributed by atoms with Crippen molar-refractivity contribution in [3.63, 3.8) is 0 Å². The predicted octanol–water partition coefficient (Wildman–Crippen LogP) is 2.74. The van der Waals surface area contributed by atoms with E-state index >= 15 is 0 Å². The fraction of sp³-hybridized carbons (Fsp3) is 0.214. The van der Waals surface area contributed by atoms with E-state index in [4.69, 9.17) is 17.3 Å². The van der Waals surface area contributed by atoms with Crippen LogP contribution in [-0.2, 0) is 11.3 Å². The van der Waals surface area contributed by atoms with Crippen molar-refractivity contribution < 1.29 is 4.79 Å². The molecule has 8 heteroatoms. The van der Waals surface area contributed by atoms with Gasteiger partial charge in [-0.1, -0.05) is 35.5 Å². The Kier molecular flexibility index (Phi) is 5.46. The summed E-state index contributed by atoms with van der Waals surface area (Å²) in [7, 11) is 0. The summed E-state index contributed by atoms with van der Waals surface area (Å²) in [5.74, 6) is 0.339. The normalized spacial score (nSPS) is 10.5. The smallest absolute Gasteiger partial charge is 0.234 e. The number of hydrogen-bond donors (Lipinski definition) is 2. The monoisotopic (exact) mass is 337 g/mol. The van der Waals surface area contributed by atoms with Gasteiger partial charge in [0.05, 0.1) is 5.75 Å². The van der Waals surface area contributed by atoms with Crippen LogP contribution in [0.5, 0.6) is 0 Å². The summed E-state index contributed by atoms with van der Waals surface area (Å²) < 4.78 is 1.69. The maximum absolute atomic E-state index is 12.0. The second-order valence-electron chi connectivity index (χ2n) is 4.54. The first-order valence-corrected chi connectivity index (χ1v) is 7.86. The number of aryl methyl sites for hydroxylation is 1. The van der Waals surface area contributed by atoms with E-state index in [2.05, 4.69) is 22.1 Å². The highest BCUT2D eigenvalue weighted by molar-refractivity contribution is 7.99. The molecule has 0 atom stereocenters. The van der Waals surface area contributed by atoms with E-state index in [0.29, 0.717) is 28.4 Å². The number of nitrogen functional groups attached to an aromatic ring is 1. The lowest BCUT2D eigenvalue weighted by Gasteiger charge is -2.07. The molecule has 3 N–H and O–H groups in total. The lowest BCUT2D eigenvalue weighted by Crippen LogP contribution is -2.14. The summed E-state index contributed by atoms with van der Waals surface area (Å²) in [6, 6.07) is 5.38. The number of allylic oxidation sites excluding steroid dienone is 1. The fourth-order valence-electron chi connectivity index (χ4n) is 1.71. The number of amides is 1. The third-order valence-electron chi connectivity index (χ3n) is 2.85. The van der Waals surface area contributed by atoms with Crippen LogP contribution in [0.3, 0.4) is 0 Å². The largest absolute Gasteiger partial charge is 0.368 e. The minimum absolute atomic E-state index is 0.156. The van der Waals surface area contributed by atoms with Gasteiger partial charge in [0, 0.05) is 17.3 Å². The van der Waals surface area contributed by atoms with Crippen LogP contribution in [-0.4, -0.2) is 26.4 Å². The number of thioether (sulfide) groups is 1.